The zero-order valence-electron chi connectivity index (χ0n) is 13.8. The molecule has 2 saturated heterocycles. The maximum absolute atomic E-state index is 11.5. The number of unbranched alkanes of at least 4 members (excludes halogenated alkanes) is 5. The predicted molar refractivity (Wildman–Crippen MR) is 83.3 cm³/mol. The topological polar surface area (TPSA) is 93.1 Å². The van der Waals surface area contributed by atoms with Gasteiger partial charge < -0.3 is 19.7 Å². The highest BCUT2D eigenvalue weighted by Gasteiger charge is 2.64. The van der Waals surface area contributed by atoms with Crippen LogP contribution in [0, 0.1) is 11.8 Å². The zero-order chi connectivity index (χ0) is 16.9. The SMILES string of the molecule is CCCCCCCCOC[C@@]12CC[C@@H](O1)C(C(=O)O)C2C(=O)O. The van der Waals surface area contributed by atoms with Crippen molar-refractivity contribution in [1.82, 2.24) is 0 Å². The van der Waals surface area contributed by atoms with Gasteiger partial charge in [-0.2, -0.15) is 0 Å². The molecular weight excluding hydrogens is 300 g/mol. The fourth-order valence-electron chi connectivity index (χ4n) is 3.94. The van der Waals surface area contributed by atoms with Crippen molar-refractivity contribution in [2.75, 3.05) is 13.2 Å². The normalized spacial score (nSPS) is 32.3. The van der Waals surface area contributed by atoms with Gasteiger partial charge in [0.25, 0.3) is 0 Å². The highest BCUT2D eigenvalue weighted by Crippen LogP contribution is 2.51. The van der Waals surface area contributed by atoms with Gasteiger partial charge in [0.05, 0.1) is 18.6 Å². The molecule has 0 radical (unpaired) electrons. The predicted octanol–water partition coefficient (Wildman–Crippen LogP) is 2.70. The molecule has 2 heterocycles. The number of carbonyl (C=O) groups is 2. The molecule has 2 N–H and O–H groups in total. The van der Waals surface area contributed by atoms with Crippen LogP contribution < -0.4 is 0 Å². The Hall–Kier alpha value is -1.14. The Morgan fingerprint density at radius 2 is 1.83 bits per heavy atom. The Balaban J connectivity index is 1.79. The van der Waals surface area contributed by atoms with Gasteiger partial charge in [0, 0.05) is 6.61 Å². The van der Waals surface area contributed by atoms with Crippen molar-refractivity contribution >= 4 is 11.9 Å². The number of fused-ring (bicyclic) bond motifs is 2. The first-order valence-corrected chi connectivity index (χ1v) is 8.73. The average molecular weight is 328 g/mol. The lowest BCUT2D eigenvalue weighted by atomic mass is 9.72. The lowest BCUT2D eigenvalue weighted by molar-refractivity contribution is -0.158. The molecule has 0 amide bonds. The maximum Gasteiger partial charge on any atom is 0.310 e. The van der Waals surface area contributed by atoms with Crippen molar-refractivity contribution in [1.29, 1.82) is 0 Å². The molecule has 0 spiro atoms. The number of ether oxygens (including phenoxy) is 2. The monoisotopic (exact) mass is 328 g/mol. The standard InChI is InChI=1S/C17H28O6/c1-2-3-4-5-6-7-10-22-11-17-9-8-12(23-17)13(15(18)19)14(17)16(20)21/h12-14H,2-11H2,1H3,(H,18,19)(H,20,21)/t12-,13?,14?,17-/m1/s1. The molecule has 2 rings (SSSR count). The van der Waals surface area contributed by atoms with Crippen molar-refractivity contribution in [3.8, 4) is 0 Å². The van der Waals surface area contributed by atoms with Gasteiger partial charge in [-0.05, 0) is 19.3 Å². The summed E-state index contributed by atoms with van der Waals surface area (Å²) in [6.07, 6.45) is 7.64. The number of rotatable bonds is 11. The third kappa shape index (κ3) is 4.04. The van der Waals surface area contributed by atoms with Gasteiger partial charge in [-0.25, -0.2) is 0 Å². The minimum atomic E-state index is -1.09. The smallest absolute Gasteiger partial charge is 0.310 e. The summed E-state index contributed by atoms with van der Waals surface area (Å²) in [6.45, 7) is 2.94. The second-order valence-electron chi connectivity index (χ2n) is 6.76. The van der Waals surface area contributed by atoms with E-state index in [-0.39, 0.29) is 6.61 Å². The first kappa shape index (κ1) is 18.2. The van der Waals surface area contributed by atoms with Crippen LogP contribution in [0.15, 0.2) is 0 Å². The van der Waals surface area contributed by atoms with E-state index in [2.05, 4.69) is 6.92 Å². The number of carboxylic acids is 2. The number of aliphatic carboxylic acids is 2. The third-order valence-corrected chi connectivity index (χ3v) is 5.10. The Labute approximate surface area is 137 Å². The van der Waals surface area contributed by atoms with Crippen molar-refractivity contribution in [2.45, 2.75) is 70.0 Å². The van der Waals surface area contributed by atoms with Gasteiger partial charge in [-0.3, -0.25) is 9.59 Å². The van der Waals surface area contributed by atoms with Crippen molar-refractivity contribution in [2.24, 2.45) is 11.8 Å². The second-order valence-corrected chi connectivity index (χ2v) is 6.76. The Morgan fingerprint density at radius 3 is 2.48 bits per heavy atom. The van der Waals surface area contributed by atoms with E-state index in [4.69, 9.17) is 9.47 Å². The lowest BCUT2D eigenvalue weighted by Gasteiger charge is -2.31. The summed E-state index contributed by atoms with van der Waals surface area (Å²) in [7, 11) is 0. The molecule has 2 bridgehead atoms. The number of hydrogen-bond acceptors (Lipinski definition) is 4. The van der Waals surface area contributed by atoms with Gasteiger partial charge in [0.2, 0.25) is 0 Å². The second kappa shape index (κ2) is 8.11. The molecular formula is C17H28O6. The summed E-state index contributed by atoms with van der Waals surface area (Å²) in [5.74, 6) is -4.15. The number of carboxylic acid groups (broad SMARTS) is 2. The Bertz CT molecular complexity index is 423. The van der Waals surface area contributed by atoms with Crippen LogP contribution in [0.3, 0.4) is 0 Å². The average Bonchev–Trinajstić information content (AvgIpc) is 3.06. The minimum Gasteiger partial charge on any atom is -0.481 e. The van der Waals surface area contributed by atoms with E-state index in [9.17, 15) is 19.8 Å². The summed E-state index contributed by atoms with van der Waals surface area (Å²) in [6, 6.07) is 0. The van der Waals surface area contributed by atoms with Crippen LogP contribution >= 0.6 is 0 Å². The van der Waals surface area contributed by atoms with E-state index in [1.54, 1.807) is 0 Å². The molecule has 0 aromatic carbocycles. The molecule has 2 unspecified atom stereocenters. The minimum absolute atomic E-state index is 0.180. The van der Waals surface area contributed by atoms with E-state index >= 15 is 0 Å². The fourth-order valence-corrected chi connectivity index (χ4v) is 3.94. The molecule has 0 aromatic heterocycles. The van der Waals surface area contributed by atoms with Gasteiger partial charge >= 0.3 is 11.9 Å². The zero-order valence-corrected chi connectivity index (χ0v) is 13.8. The van der Waals surface area contributed by atoms with Crippen LogP contribution in [-0.4, -0.2) is 47.1 Å². The molecule has 0 aromatic rings. The van der Waals surface area contributed by atoms with Crippen LogP contribution in [0.25, 0.3) is 0 Å². The van der Waals surface area contributed by atoms with E-state index in [0.717, 1.165) is 12.8 Å². The highest BCUT2D eigenvalue weighted by atomic mass is 16.6. The van der Waals surface area contributed by atoms with Crippen LogP contribution in [-0.2, 0) is 19.1 Å². The summed E-state index contributed by atoms with van der Waals surface area (Å²) < 4.78 is 11.5. The summed E-state index contributed by atoms with van der Waals surface area (Å²) >= 11 is 0. The first-order chi connectivity index (χ1) is 11.0. The quantitative estimate of drug-likeness (QED) is 0.566. The van der Waals surface area contributed by atoms with Gasteiger partial charge in [-0.15, -0.1) is 0 Å². The van der Waals surface area contributed by atoms with E-state index in [1.807, 2.05) is 0 Å². The summed E-state index contributed by atoms with van der Waals surface area (Å²) in [5, 5.41) is 18.7. The molecule has 2 aliphatic heterocycles. The van der Waals surface area contributed by atoms with Gasteiger partial charge in [-0.1, -0.05) is 39.0 Å². The molecule has 2 fully saturated rings. The van der Waals surface area contributed by atoms with Crippen LogP contribution in [0.4, 0.5) is 0 Å². The molecule has 6 heteroatoms. The van der Waals surface area contributed by atoms with Crippen LogP contribution in [0.1, 0.15) is 58.3 Å². The van der Waals surface area contributed by atoms with Crippen molar-refractivity contribution in [3.63, 3.8) is 0 Å². The molecule has 6 nitrogen and oxygen atoms in total. The maximum atomic E-state index is 11.5. The van der Waals surface area contributed by atoms with Gasteiger partial charge in [0.15, 0.2) is 0 Å². The third-order valence-electron chi connectivity index (χ3n) is 5.10. The van der Waals surface area contributed by atoms with Crippen LogP contribution in [0.2, 0.25) is 0 Å². The van der Waals surface area contributed by atoms with E-state index < -0.39 is 35.5 Å². The van der Waals surface area contributed by atoms with E-state index in [1.165, 1.54) is 25.7 Å². The summed E-state index contributed by atoms with van der Waals surface area (Å²) in [5.41, 5.74) is -0.957. The first-order valence-electron chi connectivity index (χ1n) is 8.73. The molecule has 0 saturated carbocycles. The lowest BCUT2D eigenvalue weighted by Crippen LogP contribution is -2.48. The van der Waals surface area contributed by atoms with Crippen molar-refractivity contribution < 1.29 is 29.3 Å². The molecule has 4 atom stereocenters. The molecule has 23 heavy (non-hydrogen) atoms. The van der Waals surface area contributed by atoms with Gasteiger partial charge in [0.1, 0.15) is 11.5 Å². The highest BCUT2D eigenvalue weighted by molar-refractivity contribution is 5.83. The molecule has 132 valence electrons. The fraction of sp³-hybridized carbons (Fsp3) is 0.882. The van der Waals surface area contributed by atoms with E-state index in [0.29, 0.717) is 19.4 Å². The summed E-state index contributed by atoms with van der Waals surface area (Å²) in [4.78, 5) is 22.9. The largest absolute Gasteiger partial charge is 0.481 e. The van der Waals surface area contributed by atoms with Crippen LogP contribution in [0.5, 0.6) is 0 Å². The molecule has 2 aliphatic rings. The Kier molecular flexibility index (Phi) is 6.41. The number of hydrogen-bond donors (Lipinski definition) is 2. The molecule has 0 aliphatic carbocycles. The van der Waals surface area contributed by atoms with Crippen molar-refractivity contribution in [3.05, 3.63) is 0 Å². The Morgan fingerprint density at radius 1 is 1.13 bits per heavy atom.